The average Bonchev–Trinajstić information content (AvgIpc) is 3.16. The van der Waals surface area contributed by atoms with E-state index in [0.29, 0.717) is 16.7 Å². The van der Waals surface area contributed by atoms with Gasteiger partial charge in [-0.15, -0.1) is 0 Å². The maximum absolute atomic E-state index is 12.8. The summed E-state index contributed by atoms with van der Waals surface area (Å²) in [7, 11) is 0. The van der Waals surface area contributed by atoms with Crippen LogP contribution in [0.4, 0.5) is 30.6 Å². The van der Waals surface area contributed by atoms with Crippen molar-refractivity contribution in [2.75, 3.05) is 17.2 Å². The summed E-state index contributed by atoms with van der Waals surface area (Å²) >= 11 is 1.37. The second-order valence-corrected chi connectivity index (χ2v) is 8.20. The Kier molecular flexibility index (Phi) is 6.14. The normalized spacial score (nSPS) is 11.5. The van der Waals surface area contributed by atoms with Gasteiger partial charge in [0, 0.05) is 16.8 Å². The van der Waals surface area contributed by atoms with Crippen LogP contribution in [0, 0.1) is 6.92 Å². The van der Waals surface area contributed by atoms with Gasteiger partial charge in [0.25, 0.3) is 0 Å². The van der Waals surface area contributed by atoms with Crippen LogP contribution in [0.3, 0.4) is 0 Å². The van der Waals surface area contributed by atoms with Gasteiger partial charge in [-0.3, -0.25) is 3.97 Å². The maximum atomic E-state index is 12.8. The molecule has 170 valence electrons. The van der Waals surface area contributed by atoms with E-state index >= 15 is 0 Å². The van der Waals surface area contributed by atoms with E-state index in [1.54, 1.807) is 16.2 Å². The Morgan fingerprint density at radius 3 is 2.39 bits per heavy atom. The van der Waals surface area contributed by atoms with Crippen LogP contribution in [0.25, 0.3) is 11.0 Å². The summed E-state index contributed by atoms with van der Waals surface area (Å²) in [6.07, 6.45) is -2.70. The number of carboxylic acid groups (broad SMARTS) is 1. The Morgan fingerprint density at radius 1 is 1.06 bits per heavy atom. The number of hydrogen-bond acceptors (Lipinski definition) is 6. The third-order valence-electron chi connectivity index (χ3n) is 4.58. The van der Waals surface area contributed by atoms with Crippen LogP contribution in [-0.4, -0.2) is 37.7 Å². The average molecular weight is 473 g/mol. The number of carbonyl (C=O) groups is 1. The van der Waals surface area contributed by atoms with E-state index in [2.05, 4.69) is 20.6 Å². The smallest absolute Gasteiger partial charge is 0.405 e. The topological polar surface area (TPSA) is 92.1 Å². The van der Waals surface area contributed by atoms with Gasteiger partial charge in [-0.2, -0.15) is 23.1 Å². The minimum Gasteiger partial charge on any atom is -0.478 e. The molecule has 3 N–H and O–H groups in total. The lowest BCUT2D eigenvalue weighted by Crippen LogP contribution is -2.22. The van der Waals surface area contributed by atoms with Crippen molar-refractivity contribution in [3.63, 3.8) is 0 Å². The van der Waals surface area contributed by atoms with Crippen LogP contribution in [0.5, 0.6) is 0 Å². The monoisotopic (exact) mass is 473 g/mol. The molecule has 4 rings (SSSR count). The van der Waals surface area contributed by atoms with Crippen molar-refractivity contribution in [1.82, 2.24) is 13.9 Å². The van der Waals surface area contributed by atoms with Gasteiger partial charge in [0.2, 0.25) is 5.95 Å². The molecular formula is C22H18F3N5O2S. The van der Waals surface area contributed by atoms with Crippen LogP contribution >= 0.6 is 11.9 Å². The number of anilines is 3. The highest BCUT2D eigenvalue weighted by Crippen LogP contribution is 2.31. The summed E-state index contributed by atoms with van der Waals surface area (Å²) in [5, 5.41) is 14.7. The second kappa shape index (κ2) is 9.02. The number of aromatic nitrogens is 3. The first kappa shape index (κ1) is 22.5. The van der Waals surface area contributed by atoms with E-state index < -0.39 is 18.7 Å². The van der Waals surface area contributed by atoms with E-state index in [4.69, 9.17) is 5.11 Å². The molecule has 2 aromatic carbocycles. The zero-order chi connectivity index (χ0) is 23.6. The Labute approximate surface area is 190 Å². The Balaban J connectivity index is 1.70. The molecule has 0 aliphatic heterocycles. The molecule has 0 radical (unpaired) electrons. The fourth-order valence-corrected chi connectivity index (χ4v) is 3.81. The molecule has 0 saturated carbocycles. The lowest BCUT2D eigenvalue weighted by Gasteiger charge is -2.13. The number of aryl methyl sites for hydroxylation is 1. The van der Waals surface area contributed by atoms with Crippen LogP contribution in [0.2, 0.25) is 0 Å². The molecule has 0 spiro atoms. The minimum atomic E-state index is -4.42. The predicted octanol–water partition coefficient (Wildman–Crippen LogP) is 5.71. The molecule has 0 bridgehead atoms. The Bertz CT molecular complexity index is 1290. The predicted molar refractivity (Wildman–Crippen MR) is 121 cm³/mol. The van der Waals surface area contributed by atoms with Crippen molar-refractivity contribution in [1.29, 1.82) is 0 Å². The third kappa shape index (κ3) is 5.55. The highest BCUT2D eigenvalue weighted by molar-refractivity contribution is 7.98. The van der Waals surface area contributed by atoms with Crippen molar-refractivity contribution in [2.45, 2.75) is 18.0 Å². The quantitative estimate of drug-likeness (QED) is 0.317. The fourth-order valence-electron chi connectivity index (χ4n) is 2.98. The summed E-state index contributed by atoms with van der Waals surface area (Å²) in [5.74, 6) is -0.964. The molecule has 7 nitrogen and oxygen atoms in total. The molecule has 0 amide bonds. The van der Waals surface area contributed by atoms with Gasteiger partial charge in [0.05, 0.1) is 10.9 Å². The van der Waals surface area contributed by atoms with Crippen molar-refractivity contribution in [3.8, 4) is 0 Å². The first-order valence-electron chi connectivity index (χ1n) is 9.73. The number of nitrogens with zero attached hydrogens (tertiary/aromatic N) is 3. The minimum absolute atomic E-state index is 0.0326. The molecule has 2 heterocycles. The van der Waals surface area contributed by atoms with E-state index in [1.807, 2.05) is 31.2 Å². The molecular weight excluding hydrogens is 455 g/mol. The van der Waals surface area contributed by atoms with Gasteiger partial charge in [-0.25, -0.2) is 4.79 Å². The first-order chi connectivity index (χ1) is 15.7. The molecule has 0 unspecified atom stereocenters. The maximum Gasteiger partial charge on any atom is 0.405 e. The third-order valence-corrected chi connectivity index (χ3v) is 5.55. The number of rotatable bonds is 7. The van der Waals surface area contributed by atoms with Gasteiger partial charge < -0.3 is 15.7 Å². The molecule has 0 saturated heterocycles. The number of benzene rings is 2. The molecule has 0 aliphatic carbocycles. The highest BCUT2D eigenvalue weighted by atomic mass is 32.2. The summed E-state index contributed by atoms with van der Waals surface area (Å²) in [5.41, 5.74) is 2.13. The van der Waals surface area contributed by atoms with Gasteiger partial charge in [-0.1, -0.05) is 17.7 Å². The lowest BCUT2D eigenvalue weighted by molar-refractivity contribution is -0.115. The van der Waals surface area contributed by atoms with E-state index in [-0.39, 0.29) is 17.3 Å². The van der Waals surface area contributed by atoms with Crippen molar-refractivity contribution < 1.29 is 23.1 Å². The van der Waals surface area contributed by atoms with Crippen LogP contribution in [0.15, 0.2) is 65.7 Å². The summed E-state index contributed by atoms with van der Waals surface area (Å²) in [6, 6.07) is 15.3. The largest absolute Gasteiger partial charge is 0.478 e. The zero-order valence-corrected chi connectivity index (χ0v) is 18.0. The number of aromatic carboxylic acids is 1. The number of alkyl halides is 3. The van der Waals surface area contributed by atoms with E-state index in [1.165, 1.54) is 36.2 Å². The summed E-state index contributed by atoms with van der Waals surface area (Å²) in [4.78, 5) is 20.7. The van der Waals surface area contributed by atoms with E-state index in [9.17, 15) is 18.0 Å². The van der Waals surface area contributed by atoms with Crippen LogP contribution in [0.1, 0.15) is 15.9 Å². The number of fused-ring (bicyclic) bond motifs is 1. The molecule has 4 aromatic rings. The van der Waals surface area contributed by atoms with Crippen molar-refractivity contribution in [3.05, 3.63) is 71.9 Å². The first-order valence-corrected chi connectivity index (χ1v) is 10.5. The highest BCUT2D eigenvalue weighted by Gasteiger charge is 2.27. The van der Waals surface area contributed by atoms with Crippen LogP contribution in [-0.2, 0) is 0 Å². The van der Waals surface area contributed by atoms with Gasteiger partial charge in [-0.05, 0) is 61.3 Å². The molecule has 2 aromatic heterocycles. The zero-order valence-electron chi connectivity index (χ0n) is 17.2. The summed E-state index contributed by atoms with van der Waals surface area (Å²) < 4.78 is 40.3. The Morgan fingerprint density at radius 2 is 1.76 bits per heavy atom. The Hall–Kier alpha value is -3.73. The molecule has 11 heteroatoms. The number of hydrogen-bond donors (Lipinski definition) is 3. The molecule has 0 fully saturated rings. The van der Waals surface area contributed by atoms with Gasteiger partial charge in [0.1, 0.15) is 12.4 Å². The standard InChI is InChI=1S/C22H18F3N5O2S/c1-13-2-8-16(9-3-13)33-30-11-10-17-18(26-12-22(23,24)25)28-21(29-19(17)30)27-15-6-4-14(5-7-15)20(31)32/h2-11H,12H2,1H3,(H,31,32)(H2,26,27,28,29). The fraction of sp³-hybridized carbons (Fsp3) is 0.136. The molecule has 0 atom stereocenters. The van der Waals surface area contributed by atoms with Crippen molar-refractivity contribution in [2.24, 2.45) is 0 Å². The number of carboxylic acids is 1. The van der Waals surface area contributed by atoms with Gasteiger partial charge in [0.15, 0.2) is 5.65 Å². The van der Waals surface area contributed by atoms with Gasteiger partial charge >= 0.3 is 12.1 Å². The number of halogens is 3. The second-order valence-electron chi connectivity index (χ2n) is 7.16. The molecule has 0 aliphatic rings. The number of nitrogens with one attached hydrogen (secondary N) is 2. The van der Waals surface area contributed by atoms with Crippen molar-refractivity contribution >= 4 is 46.4 Å². The van der Waals surface area contributed by atoms with E-state index in [0.717, 1.165) is 10.5 Å². The molecule has 33 heavy (non-hydrogen) atoms. The van der Waals surface area contributed by atoms with Crippen LogP contribution < -0.4 is 10.6 Å². The SMILES string of the molecule is Cc1ccc(Sn2ccc3c(NCC(F)(F)F)nc(Nc4ccc(C(=O)O)cc4)nc32)cc1. The summed E-state index contributed by atoms with van der Waals surface area (Å²) in [6.45, 7) is 0.731. The lowest BCUT2D eigenvalue weighted by atomic mass is 10.2.